The van der Waals surface area contributed by atoms with Gasteiger partial charge in [-0.05, 0) is 48.9 Å². The van der Waals surface area contributed by atoms with Crippen molar-refractivity contribution in [2.24, 2.45) is 0 Å². The summed E-state index contributed by atoms with van der Waals surface area (Å²) in [5, 5.41) is 2.81. The minimum Gasteiger partial charge on any atom is -0.495 e. The Labute approximate surface area is 175 Å². The molecule has 1 N–H and O–H groups in total. The average molecular weight is 405 g/mol. The van der Waals surface area contributed by atoms with Gasteiger partial charge >= 0.3 is 5.97 Å². The van der Waals surface area contributed by atoms with Gasteiger partial charge in [-0.2, -0.15) is 0 Å². The molecule has 0 aliphatic heterocycles. The minimum absolute atomic E-state index is 0.190. The molecule has 0 unspecified atom stereocenters. The van der Waals surface area contributed by atoms with E-state index in [0.29, 0.717) is 22.7 Å². The number of hydrogen-bond acceptors (Lipinski definition) is 5. The van der Waals surface area contributed by atoms with Crippen molar-refractivity contribution < 1.29 is 23.8 Å². The summed E-state index contributed by atoms with van der Waals surface area (Å²) < 4.78 is 16.1. The lowest BCUT2D eigenvalue weighted by Gasteiger charge is -2.14. The van der Waals surface area contributed by atoms with E-state index in [1.54, 1.807) is 50.4 Å². The topological polar surface area (TPSA) is 73.9 Å². The molecule has 3 aromatic rings. The van der Waals surface area contributed by atoms with Gasteiger partial charge < -0.3 is 19.5 Å². The lowest BCUT2D eigenvalue weighted by atomic mass is 10.2. The zero-order valence-electron chi connectivity index (χ0n) is 16.8. The summed E-state index contributed by atoms with van der Waals surface area (Å²) in [5.74, 6) is 0.305. The zero-order chi connectivity index (χ0) is 21.3. The molecule has 0 radical (unpaired) electrons. The summed E-state index contributed by atoms with van der Waals surface area (Å²) in [6, 6.07) is 23.1. The first-order valence-corrected chi connectivity index (χ1v) is 9.48. The number of carbonyl (C=O) groups is 2. The maximum atomic E-state index is 12.5. The third-order valence-electron chi connectivity index (χ3n) is 4.34. The largest absolute Gasteiger partial charge is 0.495 e. The molecule has 0 spiro atoms. The number of methoxy groups -OCH3 is 1. The Bertz CT molecular complexity index is 986. The van der Waals surface area contributed by atoms with Gasteiger partial charge in [-0.3, -0.25) is 4.79 Å². The molecule has 3 aromatic carbocycles. The molecule has 6 heteroatoms. The van der Waals surface area contributed by atoms with Crippen molar-refractivity contribution in [1.82, 2.24) is 0 Å². The van der Waals surface area contributed by atoms with Crippen molar-refractivity contribution in [2.45, 2.75) is 19.6 Å². The Morgan fingerprint density at radius 1 is 0.900 bits per heavy atom. The number of anilines is 1. The van der Waals surface area contributed by atoms with E-state index in [-0.39, 0.29) is 12.5 Å². The molecular weight excluding hydrogens is 382 g/mol. The van der Waals surface area contributed by atoms with E-state index in [2.05, 4.69) is 5.32 Å². The normalized spacial score (nSPS) is 11.3. The molecule has 1 amide bonds. The van der Waals surface area contributed by atoms with E-state index < -0.39 is 12.1 Å². The Morgan fingerprint density at radius 3 is 2.27 bits per heavy atom. The van der Waals surface area contributed by atoms with Gasteiger partial charge in [-0.15, -0.1) is 0 Å². The van der Waals surface area contributed by atoms with Gasteiger partial charge in [-0.25, -0.2) is 4.79 Å². The lowest BCUT2D eigenvalue weighted by Crippen LogP contribution is -2.26. The number of amides is 1. The minimum atomic E-state index is -0.776. The van der Waals surface area contributed by atoms with E-state index in [9.17, 15) is 9.59 Å². The predicted molar refractivity (Wildman–Crippen MR) is 114 cm³/mol. The fraction of sp³-hybridized carbons (Fsp3) is 0.167. The number of rotatable bonds is 8. The van der Waals surface area contributed by atoms with Gasteiger partial charge in [0.2, 0.25) is 0 Å². The SMILES string of the molecule is COc1ccccc1NC(=O)c1ccc(O[C@@H](C)C(=O)OCc2ccccc2)cc1. The summed E-state index contributed by atoms with van der Waals surface area (Å²) in [5.41, 5.74) is 1.94. The highest BCUT2D eigenvalue weighted by Gasteiger charge is 2.17. The number of benzene rings is 3. The van der Waals surface area contributed by atoms with Crippen LogP contribution in [-0.4, -0.2) is 25.1 Å². The molecule has 0 heterocycles. The molecule has 6 nitrogen and oxygen atoms in total. The van der Waals surface area contributed by atoms with Crippen LogP contribution in [0.15, 0.2) is 78.9 Å². The molecular formula is C24H23NO5. The molecule has 154 valence electrons. The third-order valence-corrected chi connectivity index (χ3v) is 4.34. The number of esters is 1. The molecule has 3 rings (SSSR count). The molecule has 0 fully saturated rings. The van der Waals surface area contributed by atoms with Crippen molar-refractivity contribution in [3.63, 3.8) is 0 Å². The number of para-hydroxylation sites is 2. The second-order valence-corrected chi connectivity index (χ2v) is 6.53. The maximum Gasteiger partial charge on any atom is 0.347 e. The quantitative estimate of drug-likeness (QED) is 0.560. The van der Waals surface area contributed by atoms with E-state index in [0.717, 1.165) is 5.56 Å². The highest BCUT2D eigenvalue weighted by Crippen LogP contribution is 2.24. The van der Waals surface area contributed by atoms with Gasteiger partial charge in [0.1, 0.15) is 18.1 Å². The number of nitrogens with one attached hydrogen (secondary N) is 1. The van der Waals surface area contributed by atoms with Crippen LogP contribution in [0.25, 0.3) is 0 Å². The van der Waals surface area contributed by atoms with Crippen LogP contribution in [0, 0.1) is 0 Å². The Kier molecular flexibility index (Phi) is 7.05. The second-order valence-electron chi connectivity index (χ2n) is 6.53. The summed E-state index contributed by atoms with van der Waals surface area (Å²) in [4.78, 5) is 24.6. The number of carbonyl (C=O) groups excluding carboxylic acids is 2. The van der Waals surface area contributed by atoms with Gasteiger partial charge in [0.15, 0.2) is 6.10 Å². The highest BCUT2D eigenvalue weighted by molar-refractivity contribution is 6.05. The summed E-state index contributed by atoms with van der Waals surface area (Å²) in [6.45, 7) is 1.81. The lowest BCUT2D eigenvalue weighted by molar-refractivity contribution is -0.152. The van der Waals surface area contributed by atoms with E-state index >= 15 is 0 Å². The van der Waals surface area contributed by atoms with Crippen LogP contribution < -0.4 is 14.8 Å². The Morgan fingerprint density at radius 2 is 1.57 bits per heavy atom. The van der Waals surface area contributed by atoms with Crippen molar-refractivity contribution in [3.8, 4) is 11.5 Å². The highest BCUT2D eigenvalue weighted by atomic mass is 16.6. The first-order valence-electron chi connectivity index (χ1n) is 9.48. The molecule has 0 bridgehead atoms. The standard InChI is InChI=1S/C24H23NO5/c1-17(24(27)29-16-18-8-4-3-5-9-18)30-20-14-12-19(13-15-20)23(26)25-21-10-6-7-11-22(21)28-2/h3-15,17H,16H2,1-2H3,(H,25,26)/t17-/m0/s1. The monoisotopic (exact) mass is 405 g/mol. The van der Waals surface area contributed by atoms with Crippen LogP contribution in [0.2, 0.25) is 0 Å². The molecule has 30 heavy (non-hydrogen) atoms. The molecule has 0 saturated heterocycles. The van der Waals surface area contributed by atoms with Crippen molar-refractivity contribution in [1.29, 1.82) is 0 Å². The third kappa shape index (κ3) is 5.61. The second kappa shape index (κ2) is 10.1. The number of ether oxygens (including phenoxy) is 3. The van der Waals surface area contributed by atoms with Crippen LogP contribution in [-0.2, 0) is 16.1 Å². The Hall–Kier alpha value is -3.80. The van der Waals surface area contributed by atoms with Crippen LogP contribution in [0.4, 0.5) is 5.69 Å². The predicted octanol–water partition coefficient (Wildman–Crippen LogP) is 4.46. The van der Waals surface area contributed by atoms with Crippen LogP contribution in [0.5, 0.6) is 11.5 Å². The molecule has 1 atom stereocenters. The van der Waals surface area contributed by atoms with Gasteiger partial charge in [-0.1, -0.05) is 42.5 Å². The van der Waals surface area contributed by atoms with Crippen molar-refractivity contribution in [3.05, 3.63) is 90.0 Å². The fourth-order valence-corrected chi connectivity index (χ4v) is 2.73. The average Bonchev–Trinajstić information content (AvgIpc) is 2.79. The van der Waals surface area contributed by atoms with Crippen molar-refractivity contribution in [2.75, 3.05) is 12.4 Å². The van der Waals surface area contributed by atoms with Gasteiger partial charge in [0.05, 0.1) is 12.8 Å². The fourth-order valence-electron chi connectivity index (χ4n) is 2.73. The molecule has 0 aromatic heterocycles. The molecule has 0 saturated carbocycles. The van der Waals surface area contributed by atoms with E-state index in [1.165, 1.54) is 0 Å². The zero-order valence-corrected chi connectivity index (χ0v) is 16.8. The maximum absolute atomic E-state index is 12.5. The smallest absolute Gasteiger partial charge is 0.347 e. The van der Waals surface area contributed by atoms with E-state index in [1.807, 2.05) is 42.5 Å². The van der Waals surface area contributed by atoms with Gasteiger partial charge in [0, 0.05) is 5.56 Å². The van der Waals surface area contributed by atoms with E-state index in [4.69, 9.17) is 14.2 Å². The summed E-state index contributed by atoms with van der Waals surface area (Å²) in [6.07, 6.45) is -0.776. The van der Waals surface area contributed by atoms with Gasteiger partial charge in [0.25, 0.3) is 5.91 Å². The van der Waals surface area contributed by atoms with Crippen LogP contribution >= 0.6 is 0 Å². The Balaban J connectivity index is 1.54. The van der Waals surface area contributed by atoms with Crippen molar-refractivity contribution >= 4 is 17.6 Å². The summed E-state index contributed by atoms with van der Waals surface area (Å²) >= 11 is 0. The first-order chi connectivity index (χ1) is 14.6. The first kappa shape index (κ1) is 20.9. The number of hydrogen-bond donors (Lipinski definition) is 1. The molecule has 0 aliphatic carbocycles. The van der Waals surface area contributed by atoms with Crippen LogP contribution in [0.3, 0.4) is 0 Å². The summed E-state index contributed by atoms with van der Waals surface area (Å²) in [7, 11) is 1.54. The molecule has 0 aliphatic rings. The van der Waals surface area contributed by atoms with Crippen LogP contribution in [0.1, 0.15) is 22.8 Å².